The number of amides is 3. The number of benzene rings is 1. The van der Waals surface area contributed by atoms with Gasteiger partial charge in [0.1, 0.15) is 6.04 Å². The van der Waals surface area contributed by atoms with E-state index >= 15 is 0 Å². The number of piperidine rings is 1. The van der Waals surface area contributed by atoms with Crippen LogP contribution in [0, 0.1) is 0 Å². The average Bonchev–Trinajstić information content (AvgIpc) is 3.30. The second kappa shape index (κ2) is 7.22. The lowest BCUT2D eigenvalue weighted by Gasteiger charge is -2.45. The first-order valence-electron chi connectivity index (χ1n) is 10.8. The third-order valence-corrected chi connectivity index (χ3v) is 7.26. The lowest BCUT2D eigenvalue weighted by Crippen LogP contribution is -2.59. The summed E-state index contributed by atoms with van der Waals surface area (Å²) >= 11 is 0. The zero-order valence-corrected chi connectivity index (χ0v) is 16.7. The highest BCUT2D eigenvalue weighted by molar-refractivity contribution is 6.05. The molecule has 7 heteroatoms. The van der Waals surface area contributed by atoms with Crippen LogP contribution in [0.3, 0.4) is 0 Å². The molecule has 2 saturated heterocycles. The van der Waals surface area contributed by atoms with Crippen LogP contribution >= 0.6 is 0 Å². The summed E-state index contributed by atoms with van der Waals surface area (Å²) in [7, 11) is 0. The molecular weight excluding hydrogens is 368 g/mol. The van der Waals surface area contributed by atoms with Crippen LogP contribution < -0.4 is 10.6 Å². The van der Waals surface area contributed by atoms with E-state index in [0.29, 0.717) is 18.5 Å². The van der Waals surface area contributed by atoms with Gasteiger partial charge in [-0.15, -0.1) is 0 Å². The molecular formula is C22H28N4O3. The predicted molar refractivity (Wildman–Crippen MR) is 107 cm³/mol. The highest BCUT2D eigenvalue weighted by Gasteiger charge is 2.43. The van der Waals surface area contributed by atoms with Crippen molar-refractivity contribution in [2.45, 2.75) is 63.2 Å². The van der Waals surface area contributed by atoms with E-state index in [-0.39, 0.29) is 29.7 Å². The van der Waals surface area contributed by atoms with Crippen LogP contribution in [0.5, 0.6) is 0 Å². The maximum atomic E-state index is 13.1. The van der Waals surface area contributed by atoms with Crippen molar-refractivity contribution in [1.82, 2.24) is 20.4 Å². The first-order chi connectivity index (χ1) is 14.1. The van der Waals surface area contributed by atoms with Gasteiger partial charge in [-0.25, -0.2) is 0 Å². The second-order valence-electron chi connectivity index (χ2n) is 8.87. The van der Waals surface area contributed by atoms with Crippen molar-refractivity contribution in [3.8, 4) is 0 Å². The summed E-state index contributed by atoms with van der Waals surface area (Å²) in [6.07, 6.45) is 5.72. The molecule has 4 aliphatic rings. The minimum Gasteiger partial charge on any atom is -0.322 e. The van der Waals surface area contributed by atoms with Gasteiger partial charge in [-0.2, -0.15) is 0 Å². The van der Waals surface area contributed by atoms with Gasteiger partial charge < -0.3 is 10.2 Å². The fraction of sp³-hybridized carbons (Fsp3) is 0.591. The number of carbonyl (C=O) groups excluding carboxylic acids is 3. The number of hydrogen-bond acceptors (Lipinski definition) is 5. The molecule has 1 spiro atoms. The summed E-state index contributed by atoms with van der Waals surface area (Å²) in [5, 5.41) is 5.96. The number of hydrogen-bond donors (Lipinski definition) is 2. The van der Waals surface area contributed by atoms with Gasteiger partial charge in [0, 0.05) is 50.2 Å². The van der Waals surface area contributed by atoms with Gasteiger partial charge in [0.25, 0.3) is 5.91 Å². The van der Waals surface area contributed by atoms with Crippen molar-refractivity contribution < 1.29 is 14.4 Å². The summed E-state index contributed by atoms with van der Waals surface area (Å²) in [4.78, 5) is 41.1. The van der Waals surface area contributed by atoms with E-state index in [1.807, 2.05) is 12.1 Å². The molecule has 0 radical (unpaired) electrons. The summed E-state index contributed by atoms with van der Waals surface area (Å²) in [5.41, 5.74) is 3.20. The van der Waals surface area contributed by atoms with Gasteiger partial charge in [0.15, 0.2) is 0 Å². The molecule has 154 valence electrons. The largest absolute Gasteiger partial charge is 0.322 e. The Kier molecular flexibility index (Phi) is 4.67. The third kappa shape index (κ3) is 3.16. The number of nitrogens with one attached hydrogen (secondary N) is 2. The molecule has 5 rings (SSSR count). The minimum atomic E-state index is -0.555. The molecule has 1 saturated carbocycles. The molecule has 1 unspecified atom stereocenters. The van der Waals surface area contributed by atoms with E-state index in [9.17, 15) is 14.4 Å². The molecule has 3 aliphatic heterocycles. The van der Waals surface area contributed by atoms with E-state index in [4.69, 9.17) is 0 Å². The first-order valence-corrected chi connectivity index (χ1v) is 10.8. The molecule has 3 fully saturated rings. The fourth-order valence-corrected chi connectivity index (χ4v) is 5.66. The fourth-order valence-electron chi connectivity index (χ4n) is 5.66. The lowest BCUT2D eigenvalue weighted by atomic mass is 9.91. The Morgan fingerprint density at radius 2 is 1.97 bits per heavy atom. The van der Waals surface area contributed by atoms with E-state index in [1.165, 1.54) is 31.2 Å². The molecule has 1 atom stereocenters. The second-order valence-corrected chi connectivity index (χ2v) is 8.87. The Hall–Kier alpha value is -2.25. The van der Waals surface area contributed by atoms with Crippen molar-refractivity contribution in [3.63, 3.8) is 0 Å². The van der Waals surface area contributed by atoms with Crippen molar-refractivity contribution in [2.24, 2.45) is 0 Å². The van der Waals surface area contributed by atoms with Gasteiger partial charge in [-0.05, 0) is 36.5 Å². The number of piperazine rings is 1. The molecule has 3 heterocycles. The Morgan fingerprint density at radius 3 is 2.76 bits per heavy atom. The summed E-state index contributed by atoms with van der Waals surface area (Å²) in [6.45, 7) is 4.37. The van der Waals surface area contributed by atoms with Crippen LogP contribution in [-0.2, 0) is 22.7 Å². The van der Waals surface area contributed by atoms with Crippen molar-refractivity contribution in [1.29, 1.82) is 0 Å². The van der Waals surface area contributed by atoms with Crippen molar-refractivity contribution in [3.05, 3.63) is 34.9 Å². The molecule has 1 aromatic rings. The molecule has 1 aromatic carbocycles. The van der Waals surface area contributed by atoms with Crippen molar-refractivity contribution in [2.75, 3.05) is 19.6 Å². The topological polar surface area (TPSA) is 81.8 Å². The predicted octanol–water partition coefficient (Wildman–Crippen LogP) is 1.17. The highest BCUT2D eigenvalue weighted by atomic mass is 16.2. The SMILES string of the molecule is O=C1CCC(N2Cc3c(CN4CCNCC45CCCC5)cccc3C2=O)C(=O)N1. The standard InChI is InChI=1S/C22H28N4O3/c27-19-7-6-18(20(28)24-19)26-13-17-15(4-3-5-16(17)21(26)29)12-25-11-10-23-14-22(25)8-1-2-9-22/h3-5,18,23H,1-2,6-14H2,(H,24,27,28). The quantitative estimate of drug-likeness (QED) is 0.750. The van der Waals surface area contributed by atoms with Crippen LogP contribution in [0.15, 0.2) is 18.2 Å². The number of carbonyl (C=O) groups is 3. The lowest BCUT2D eigenvalue weighted by molar-refractivity contribution is -0.136. The smallest absolute Gasteiger partial charge is 0.255 e. The monoisotopic (exact) mass is 396 g/mol. The zero-order valence-electron chi connectivity index (χ0n) is 16.7. The molecule has 2 N–H and O–H groups in total. The van der Waals surface area contributed by atoms with E-state index in [0.717, 1.165) is 31.7 Å². The number of nitrogens with zero attached hydrogens (tertiary/aromatic N) is 2. The normalized spacial score (nSPS) is 26.8. The summed E-state index contributed by atoms with van der Waals surface area (Å²) in [5.74, 6) is -0.695. The Bertz CT molecular complexity index is 862. The van der Waals surface area contributed by atoms with Crippen molar-refractivity contribution >= 4 is 17.7 Å². The Labute approximate surface area is 170 Å². The Balaban J connectivity index is 1.39. The maximum Gasteiger partial charge on any atom is 0.255 e. The van der Waals surface area contributed by atoms with E-state index < -0.39 is 6.04 Å². The van der Waals surface area contributed by atoms with E-state index in [2.05, 4.69) is 21.6 Å². The maximum absolute atomic E-state index is 13.1. The van der Waals surface area contributed by atoms with Gasteiger partial charge in [-0.3, -0.25) is 24.6 Å². The molecule has 0 bridgehead atoms. The number of fused-ring (bicyclic) bond motifs is 1. The van der Waals surface area contributed by atoms with Gasteiger partial charge in [-0.1, -0.05) is 25.0 Å². The molecule has 1 aliphatic carbocycles. The summed E-state index contributed by atoms with van der Waals surface area (Å²) < 4.78 is 0. The van der Waals surface area contributed by atoms with Crippen LogP contribution in [0.25, 0.3) is 0 Å². The molecule has 3 amide bonds. The van der Waals surface area contributed by atoms with Gasteiger partial charge in [0.2, 0.25) is 11.8 Å². The van der Waals surface area contributed by atoms with Crippen LogP contribution in [0.4, 0.5) is 0 Å². The number of rotatable bonds is 3. The zero-order chi connectivity index (χ0) is 20.0. The Morgan fingerprint density at radius 1 is 1.14 bits per heavy atom. The van der Waals surface area contributed by atoms with Crippen LogP contribution in [0.1, 0.15) is 60.0 Å². The molecule has 7 nitrogen and oxygen atoms in total. The molecule has 0 aromatic heterocycles. The highest BCUT2D eigenvalue weighted by Crippen LogP contribution is 2.38. The van der Waals surface area contributed by atoms with E-state index in [1.54, 1.807) is 4.90 Å². The summed E-state index contributed by atoms with van der Waals surface area (Å²) in [6, 6.07) is 5.41. The minimum absolute atomic E-state index is 0.0905. The van der Waals surface area contributed by atoms with Crippen LogP contribution in [0.2, 0.25) is 0 Å². The first kappa shape index (κ1) is 18.8. The average molecular weight is 396 g/mol. The third-order valence-electron chi connectivity index (χ3n) is 7.26. The van der Waals surface area contributed by atoms with Gasteiger partial charge >= 0.3 is 0 Å². The van der Waals surface area contributed by atoms with Crippen LogP contribution in [-0.4, -0.2) is 58.7 Å². The molecule has 29 heavy (non-hydrogen) atoms. The number of imide groups is 1. The van der Waals surface area contributed by atoms with Gasteiger partial charge in [0.05, 0.1) is 0 Å².